The topological polar surface area (TPSA) is 102 Å². The van der Waals surface area contributed by atoms with Gasteiger partial charge in [0, 0.05) is 17.5 Å². The molecule has 1 aliphatic carbocycles. The number of nitrogens with zero attached hydrogens (tertiary/aromatic N) is 5. The number of carbonyl (C=O) groups is 2. The highest BCUT2D eigenvalue weighted by molar-refractivity contribution is 7.17. The number of urea groups is 1. The van der Waals surface area contributed by atoms with E-state index in [1.807, 2.05) is 22.9 Å². The fourth-order valence-electron chi connectivity index (χ4n) is 4.58. The van der Waals surface area contributed by atoms with Gasteiger partial charge >= 0.3 is 6.03 Å². The number of nitrogens with one attached hydrogen (secondary N) is 1. The molecule has 1 fully saturated rings. The number of carbonyl (C=O) groups excluding carboxylic acids is 2. The maximum Gasteiger partial charge on any atom is 0.325 e. The van der Waals surface area contributed by atoms with Gasteiger partial charge in [0.25, 0.3) is 11.5 Å². The monoisotopic (exact) mass is 440 g/mol. The summed E-state index contributed by atoms with van der Waals surface area (Å²) >= 11 is 2.96. The van der Waals surface area contributed by atoms with E-state index >= 15 is 0 Å². The minimum absolute atomic E-state index is 0.0177. The van der Waals surface area contributed by atoms with E-state index in [2.05, 4.69) is 15.5 Å². The second kappa shape index (κ2) is 5.99. The van der Waals surface area contributed by atoms with Crippen LogP contribution in [0.4, 0.5) is 4.79 Å². The summed E-state index contributed by atoms with van der Waals surface area (Å²) in [5, 5.41) is 15.1. The van der Waals surface area contributed by atoms with Crippen LogP contribution < -0.4 is 10.9 Å². The number of fused-ring (bicyclic) bond motifs is 5. The molecule has 1 atom stereocenters. The Morgan fingerprint density at radius 2 is 2.00 bits per heavy atom. The number of hydrogen-bond donors (Lipinski definition) is 1. The maximum atomic E-state index is 13.5. The van der Waals surface area contributed by atoms with Crippen molar-refractivity contribution in [3.8, 4) is 0 Å². The molecule has 30 heavy (non-hydrogen) atoms. The molecule has 1 aliphatic heterocycles. The van der Waals surface area contributed by atoms with Crippen LogP contribution >= 0.6 is 22.7 Å². The first kappa shape index (κ1) is 17.8. The van der Waals surface area contributed by atoms with Crippen LogP contribution in [0, 0.1) is 0 Å². The van der Waals surface area contributed by atoms with Gasteiger partial charge in [-0.15, -0.1) is 32.9 Å². The first-order valence-electron chi connectivity index (χ1n) is 9.52. The zero-order chi connectivity index (χ0) is 20.6. The van der Waals surface area contributed by atoms with Crippen molar-refractivity contribution >= 4 is 50.6 Å². The zero-order valence-corrected chi connectivity index (χ0v) is 17.5. The summed E-state index contributed by atoms with van der Waals surface area (Å²) in [5.74, 6) is 0.557. The Bertz CT molecular complexity index is 1430. The zero-order valence-electron chi connectivity index (χ0n) is 15.9. The Hall–Kier alpha value is -3.05. The normalized spacial score (nSPS) is 21.2. The van der Waals surface area contributed by atoms with E-state index < -0.39 is 11.6 Å². The van der Waals surface area contributed by atoms with Crippen LogP contribution in [0.15, 0.2) is 27.7 Å². The van der Waals surface area contributed by atoms with Gasteiger partial charge in [-0.05, 0) is 42.2 Å². The first-order valence-corrected chi connectivity index (χ1v) is 11.3. The number of hydrogen-bond acceptors (Lipinski definition) is 7. The lowest BCUT2D eigenvalue weighted by atomic mass is 9.80. The standard InChI is InChI=1S/C19H16N6O3S2/c1-23-15(26)14-11(5-8-30-14)25-13(21-22-17(23)25)9-24-16(27)19(20-18(24)28)6-2-3-12-10(19)4-7-29-12/h4-5,7-8H,2-3,6,9H2,1H3,(H,20,28). The third-order valence-electron chi connectivity index (χ3n) is 6.03. The van der Waals surface area contributed by atoms with Gasteiger partial charge in [-0.2, -0.15) is 0 Å². The summed E-state index contributed by atoms with van der Waals surface area (Å²) in [7, 11) is 1.64. The molecule has 3 amide bonds. The Kier molecular flexibility index (Phi) is 3.55. The van der Waals surface area contributed by atoms with Crippen LogP contribution in [0.1, 0.15) is 29.1 Å². The van der Waals surface area contributed by atoms with E-state index in [9.17, 15) is 14.4 Å². The number of aromatic nitrogens is 4. The van der Waals surface area contributed by atoms with Gasteiger partial charge in [0.05, 0.1) is 12.1 Å². The molecule has 6 rings (SSSR count). The van der Waals surface area contributed by atoms with Gasteiger partial charge in [-0.3, -0.25) is 23.5 Å². The van der Waals surface area contributed by atoms with Crippen molar-refractivity contribution in [3.63, 3.8) is 0 Å². The lowest BCUT2D eigenvalue weighted by Gasteiger charge is -2.31. The van der Waals surface area contributed by atoms with Crippen LogP contribution in [0.3, 0.4) is 0 Å². The van der Waals surface area contributed by atoms with Crippen LogP contribution in [0.2, 0.25) is 0 Å². The smallest absolute Gasteiger partial charge is 0.319 e. The van der Waals surface area contributed by atoms with Gasteiger partial charge in [-0.1, -0.05) is 0 Å². The average Bonchev–Trinajstić information content (AvgIpc) is 3.50. The average molecular weight is 441 g/mol. The van der Waals surface area contributed by atoms with Crippen LogP contribution in [-0.4, -0.2) is 36.0 Å². The fraction of sp³-hybridized carbons (Fsp3) is 0.316. The van der Waals surface area contributed by atoms with Gasteiger partial charge in [0.2, 0.25) is 5.78 Å². The maximum absolute atomic E-state index is 13.5. The SMILES string of the molecule is Cn1c(=O)c2sccc2n2c(CN3C(=O)NC4(CCCc5sccc54)C3=O)nnc12. The van der Waals surface area contributed by atoms with Crippen molar-refractivity contribution in [2.75, 3.05) is 0 Å². The molecular weight excluding hydrogens is 424 g/mol. The number of imide groups is 1. The van der Waals surface area contributed by atoms with E-state index in [1.165, 1.54) is 20.8 Å². The molecule has 152 valence electrons. The molecule has 0 saturated carbocycles. The molecule has 11 heteroatoms. The summed E-state index contributed by atoms with van der Waals surface area (Å²) in [6.07, 6.45) is 2.36. The molecule has 4 aromatic rings. The lowest BCUT2D eigenvalue weighted by molar-refractivity contribution is -0.132. The highest BCUT2D eigenvalue weighted by atomic mass is 32.1. The summed E-state index contributed by atoms with van der Waals surface area (Å²) in [4.78, 5) is 41.2. The molecule has 0 bridgehead atoms. The van der Waals surface area contributed by atoms with Crippen molar-refractivity contribution in [2.45, 2.75) is 31.3 Å². The van der Waals surface area contributed by atoms with Gasteiger partial charge in [0.1, 0.15) is 10.2 Å². The van der Waals surface area contributed by atoms with E-state index in [-0.39, 0.29) is 18.0 Å². The largest absolute Gasteiger partial charge is 0.325 e. The molecule has 1 N–H and O–H groups in total. The molecule has 5 heterocycles. The molecule has 4 aromatic heterocycles. The van der Waals surface area contributed by atoms with Crippen molar-refractivity contribution in [2.24, 2.45) is 7.05 Å². The number of amides is 3. The molecule has 1 spiro atoms. The summed E-state index contributed by atoms with van der Waals surface area (Å²) in [6.45, 7) is -0.0177. The molecule has 0 radical (unpaired) electrons. The summed E-state index contributed by atoms with van der Waals surface area (Å²) < 4.78 is 3.76. The van der Waals surface area contributed by atoms with Crippen LogP contribution in [-0.2, 0) is 30.3 Å². The lowest BCUT2D eigenvalue weighted by Crippen LogP contribution is -2.46. The Balaban J connectivity index is 1.46. The predicted octanol–water partition coefficient (Wildman–Crippen LogP) is 1.99. The number of rotatable bonds is 2. The Labute approximate surface area is 177 Å². The predicted molar refractivity (Wildman–Crippen MR) is 112 cm³/mol. The Morgan fingerprint density at radius 1 is 1.17 bits per heavy atom. The first-order chi connectivity index (χ1) is 14.5. The number of thiophene rings is 2. The molecule has 1 saturated heterocycles. The van der Waals surface area contributed by atoms with Crippen molar-refractivity contribution in [3.05, 3.63) is 49.5 Å². The highest BCUT2D eigenvalue weighted by Crippen LogP contribution is 2.42. The van der Waals surface area contributed by atoms with E-state index in [0.717, 1.165) is 23.3 Å². The van der Waals surface area contributed by atoms with E-state index in [4.69, 9.17) is 0 Å². The fourth-order valence-corrected chi connectivity index (χ4v) is 6.43. The van der Waals surface area contributed by atoms with E-state index in [0.29, 0.717) is 28.2 Å². The van der Waals surface area contributed by atoms with Gasteiger partial charge in [-0.25, -0.2) is 4.79 Å². The van der Waals surface area contributed by atoms with Crippen LogP contribution in [0.25, 0.3) is 16.0 Å². The highest BCUT2D eigenvalue weighted by Gasteiger charge is 2.54. The van der Waals surface area contributed by atoms with Crippen molar-refractivity contribution in [1.29, 1.82) is 0 Å². The second-order valence-electron chi connectivity index (χ2n) is 7.59. The molecule has 1 unspecified atom stereocenters. The van der Waals surface area contributed by atoms with Gasteiger partial charge in [0.15, 0.2) is 5.82 Å². The third kappa shape index (κ3) is 2.13. The van der Waals surface area contributed by atoms with E-state index in [1.54, 1.807) is 22.8 Å². The minimum atomic E-state index is -0.990. The number of aryl methyl sites for hydroxylation is 2. The molecular formula is C19H16N6O3S2. The quantitative estimate of drug-likeness (QED) is 0.481. The van der Waals surface area contributed by atoms with Crippen molar-refractivity contribution < 1.29 is 9.59 Å². The minimum Gasteiger partial charge on any atom is -0.319 e. The van der Waals surface area contributed by atoms with Gasteiger partial charge < -0.3 is 5.32 Å². The molecule has 2 aliphatic rings. The Morgan fingerprint density at radius 3 is 2.87 bits per heavy atom. The summed E-state index contributed by atoms with van der Waals surface area (Å²) in [5.41, 5.74) is 0.453. The van der Waals surface area contributed by atoms with Crippen molar-refractivity contribution in [1.82, 2.24) is 29.4 Å². The summed E-state index contributed by atoms with van der Waals surface area (Å²) in [6, 6.07) is 3.34. The molecule has 0 aromatic carbocycles. The molecule has 9 nitrogen and oxygen atoms in total. The van der Waals surface area contributed by atoms with Crippen LogP contribution in [0.5, 0.6) is 0 Å². The second-order valence-corrected chi connectivity index (χ2v) is 9.51. The third-order valence-corrected chi connectivity index (χ3v) is 7.91.